The van der Waals surface area contributed by atoms with Gasteiger partial charge in [-0.15, -0.1) is 0 Å². The van der Waals surface area contributed by atoms with Crippen LogP contribution in [0.25, 0.3) is 0 Å². The number of carbonyl (C=O) groups excluding carboxylic acids is 1. The van der Waals surface area contributed by atoms with Crippen LogP contribution >= 0.6 is 0 Å². The minimum atomic E-state index is 0.133. The molecular formula is C22H28N2O. The number of likely N-dealkylation sites (tertiary alicyclic amines) is 1. The fraction of sp³-hybridized carbons (Fsp3) is 0.409. The lowest BCUT2D eigenvalue weighted by Gasteiger charge is -2.16. The zero-order valence-corrected chi connectivity index (χ0v) is 15.1. The highest BCUT2D eigenvalue weighted by Crippen LogP contribution is 2.16. The van der Waals surface area contributed by atoms with Crippen LogP contribution in [0.3, 0.4) is 0 Å². The van der Waals surface area contributed by atoms with E-state index in [1.807, 2.05) is 12.1 Å². The molecule has 1 aliphatic heterocycles. The van der Waals surface area contributed by atoms with E-state index in [1.54, 1.807) is 0 Å². The Morgan fingerprint density at radius 1 is 1.12 bits per heavy atom. The number of hydrogen-bond acceptors (Lipinski definition) is 2. The number of nitrogens with zero attached hydrogens (tertiary/aromatic N) is 1. The van der Waals surface area contributed by atoms with E-state index in [2.05, 4.69) is 59.6 Å². The first-order valence-electron chi connectivity index (χ1n) is 9.27. The van der Waals surface area contributed by atoms with Crippen molar-refractivity contribution in [3.8, 4) is 0 Å². The fourth-order valence-corrected chi connectivity index (χ4v) is 3.54. The van der Waals surface area contributed by atoms with E-state index in [9.17, 15) is 4.79 Å². The summed E-state index contributed by atoms with van der Waals surface area (Å²) in [4.78, 5) is 14.7. The van der Waals surface area contributed by atoms with Crippen molar-refractivity contribution in [1.82, 2.24) is 10.2 Å². The van der Waals surface area contributed by atoms with Gasteiger partial charge in [-0.1, -0.05) is 60.2 Å². The molecule has 0 saturated carbocycles. The molecule has 2 aromatic rings. The second kappa shape index (κ2) is 8.82. The van der Waals surface area contributed by atoms with Crippen molar-refractivity contribution in [2.75, 3.05) is 26.2 Å². The summed E-state index contributed by atoms with van der Waals surface area (Å²) in [5, 5.41) is 3.12. The van der Waals surface area contributed by atoms with Gasteiger partial charge in [-0.25, -0.2) is 0 Å². The molecule has 0 radical (unpaired) electrons. The second-order valence-corrected chi connectivity index (χ2v) is 7.16. The molecule has 1 amide bonds. The van der Waals surface area contributed by atoms with Gasteiger partial charge in [0.1, 0.15) is 0 Å². The van der Waals surface area contributed by atoms with Crippen LogP contribution in [-0.2, 0) is 17.6 Å². The van der Waals surface area contributed by atoms with Gasteiger partial charge in [0, 0.05) is 19.6 Å². The molecule has 1 heterocycles. The van der Waals surface area contributed by atoms with Gasteiger partial charge in [0.05, 0.1) is 6.42 Å². The van der Waals surface area contributed by atoms with Crippen LogP contribution in [0.4, 0.5) is 0 Å². The maximum atomic E-state index is 12.1. The summed E-state index contributed by atoms with van der Waals surface area (Å²) in [6, 6.07) is 18.8. The van der Waals surface area contributed by atoms with Crippen LogP contribution < -0.4 is 5.32 Å². The predicted octanol–water partition coefficient (Wildman–Crippen LogP) is 3.22. The molecule has 0 bridgehead atoms. The Hall–Kier alpha value is -2.13. The summed E-state index contributed by atoms with van der Waals surface area (Å²) in [5.41, 5.74) is 3.70. The summed E-state index contributed by atoms with van der Waals surface area (Å²) in [7, 11) is 0. The third-order valence-electron chi connectivity index (χ3n) is 4.96. The molecule has 1 atom stereocenters. The van der Waals surface area contributed by atoms with Gasteiger partial charge in [-0.05, 0) is 43.4 Å². The largest absolute Gasteiger partial charge is 0.355 e. The van der Waals surface area contributed by atoms with Crippen LogP contribution in [0.5, 0.6) is 0 Å². The van der Waals surface area contributed by atoms with Gasteiger partial charge in [0.25, 0.3) is 0 Å². The third kappa shape index (κ3) is 5.71. The summed E-state index contributed by atoms with van der Waals surface area (Å²) in [6.45, 7) is 6.21. The van der Waals surface area contributed by atoms with E-state index < -0.39 is 0 Å². The summed E-state index contributed by atoms with van der Waals surface area (Å²) in [6.07, 6.45) is 2.76. The number of aryl methyl sites for hydroxylation is 1. The lowest BCUT2D eigenvalue weighted by atomic mass is 10.1. The van der Waals surface area contributed by atoms with Crippen LogP contribution in [0.1, 0.15) is 23.1 Å². The average Bonchev–Trinajstić information content (AvgIpc) is 3.07. The smallest absolute Gasteiger partial charge is 0.224 e. The van der Waals surface area contributed by atoms with Gasteiger partial charge in [-0.2, -0.15) is 0 Å². The van der Waals surface area contributed by atoms with Crippen molar-refractivity contribution < 1.29 is 4.79 Å². The molecule has 132 valence electrons. The molecule has 1 N–H and O–H groups in total. The van der Waals surface area contributed by atoms with Crippen molar-refractivity contribution in [3.63, 3.8) is 0 Å². The quantitative estimate of drug-likeness (QED) is 0.842. The Kier molecular flexibility index (Phi) is 6.24. The highest BCUT2D eigenvalue weighted by molar-refractivity contribution is 5.78. The maximum absolute atomic E-state index is 12.1. The molecule has 0 spiro atoms. The first kappa shape index (κ1) is 17.7. The van der Waals surface area contributed by atoms with Crippen molar-refractivity contribution in [3.05, 3.63) is 71.3 Å². The highest BCUT2D eigenvalue weighted by atomic mass is 16.1. The lowest BCUT2D eigenvalue weighted by molar-refractivity contribution is -0.120. The molecule has 25 heavy (non-hydrogen) atoms. The summed E-state index contributed by atoms with van der Waals surface area (Å²) in [5.74, 6) is 0.713. The van der Waals surface area contributed by atoms with Crippen LogP contribution in [0, 0.1) is 12.8 Å². The number of nitrogens with one attached hydrogen (secondary N) is 1. The van der Waals surface area contributed by atoms with Crippen LogP contribution in [0.2, 0.25) is 0 Å². The maximum Gasteiger partial charge on any atom is 0.224 e. The van der Waals surface area contributed by atoms with Gasteiger partial charge >= 0.3 is 0 Å². The van der Waals surface area contributed by atoms with E-state index in [-0.39, 0.29) is 5.91 Å². The van der Waals surface area contributed by atoms with Crippen LogP contribution in [-0.4, -0.2) is 37.0 Å². The number of hydrogen-bond donors (Lipinski definition) is 1. The molecule has 3 rings (SSSR count). The zero-order valence-electron chi connectivity index (χ0n) is 15.1. The summed E-state index contributed by atoms with van der Waals surface area (Å²) >= 11 is 0. The first-order valence-corrected chi connectivity index (χ1v) is 9.27. The lowest BCUT2D eigenvalue weighted by Crippen LogP contribution is -2.32. The average molecular weight is 336 g/mol. The van der Waals surface area contributed by atoms with Gasteiger partial charge in [0.2, 0.25) is 5.91 Å². The molecule has 3 nitrogen and oxygen atoms in total. The molecule has 1 unspecified atom stereocenters. The Bertz CT molecular complexity index is 683. The van der Waals surface area contributed by atoms with Crippen molar-refractivity contribution in [2.45, 2.75) is 26.2 Å². The minimum Gasteiger partial charge on any atom is -0.355 e. The molecule has 3 heteroatoms. The molecule has 2 aromatic carbocycles. The second-order valence-electron chi connectivity index (χ2n) is 7.16. The fourth-order valence-electron chi connectivity index (χ4n) is 3.54. The zero-order chi connectivity index (χ0) is 17.5. The normalized spacial score (nSPS) is 17.6. The first-order chi connectivity index (χ1) is 12.2. The Morgan fingerprint density at radius 2 is 1.92 bits per heavy atom. The molecule has 1 fully saturated rings. The predicted molar refractivity (Wildman–Crippen MR) is 103 cm³/mol. The number of carbonyl (C=O) groups is 1. The SMILES string of the molecule is Cc1cccc(CC(=O)NCC2CCN(CCc3ccccc3)C2)c1. The molecule has 0 aliphatic carbocycles. The third-order valence-corrected chi connectivity index (χ3v) is 4.96. The summed E-state index contributed by atoms with van der Waals surface area (Å²) < 4.78 is 0. The molecule has 0 aromatic heterocycles. The van der Waals surface area contributed by atoms with E-state index in [1.165, 1.54) is 17.5 Å². The standard InChI is InChI=1S/C22H28N2O/c1-18-6-5-9-20(14-18)15-22(25)23-16-21-11-13-24(17-21)12-10-19-7-3-2-4-8-19/h2-9,14,21H,10-13,15-17H2,1H3,(H,23,25). The molecular weight excluding hydrogens is 308 g/mol. The van der Waals surface area contributed by atoms with Gasteiger partial charge in [-0.3, -0.25) is 4.79 Å². The van der Waals surface area contributed by atoms with Crippen LogP contribution in [0.15, 0.2) is 54.6 Å². The number of amides is 1. The van der Waals surface area contributed by atoms with Crippen molar-refractivity contribution >= 4 is 5.91 Å². The van der Waals surface area contributed by atoms with E-state index in [0.29, 0.717) is 12.3 Å². The monoisotopic (exact) mass is 336 g/mol. The minimum absolute atomic E-state index is 0.133. The number of rotatable bonds is 7. The van der Waals surface area contributed by atoms with E-state index >= 15 is 0 Å². The highest BCUT2D eigenvalue weighted by Gasteiger charge is 2.22. The van der Waals surface area contributed by atoms with Crippen molar-refractivity contribution in [1.29, 1.82) is 0 Å². The Balaban J connectivity index is 1.36. The Labute approximate surface area is 151 Å². The van der Waals surface area contributed by atoms with Gasteiger partial charge in [0.15, 0.2) is 0 Å². The Morgan fingerprint density at radius 3 is 2.72 bits per heavy atom. The topological polar surface area (TPSA) is 32.3 Å². The van der Waals surface area contributed by atoms with Gasteiger partial charge < -0.3 is 10.2 Å². The van der Waals surface area contributed by atoms with E-state index in [4.69, 9.17) is 0 Å². The molecule has 1 saturated heterocycles. The van der Waals surface area contributed by atoms with Crippen molar-refractivity contribution in [2.24, 2.45) is 5.92 Å². The number of benzene rings is 2. The van der Waals surface area contributed by atoms with E-state index in [0.717, 1.165) is 38.2 Å². The molecule has 1 aliphatic rings.